The molecule has 0 aromatic carbocycles. The first-order valence-corrected chi connectivity index (χ1v) is 6.72. The lowest BCUT2D eigenvalue weighted by molar-refractivity contribution is -0.0373. The fourth-order valence-electron chi connectivity index (χ4n) is 3.81. The molecule has 1 heteroatoms. The summed E-state index contributed by atoms with van der Waals surface area (Å²) in [4.78, 5) is 0. The standard InChI is InChI=1S/C15H26O/c1-11-6-5-8-15(4)9-7-12(10-13(11)15)14(2,3)16/h6,12-13,16H,5,7-10H2,1-4H3/t12-,13-,15+/m0/s1. The van der Waals surface area contributed by atoms with E-state index in [4.69, 9.17) is 0 Å². The maximum atomic E-state index is 10.2. The van der Waals surface area contributed by atoms with Crippen LogP contribution in [0.2, 0.25) is 0 Å². The molecule has 0 heterocycles. The summed E-state index contributed by atoms with van der Waals surface area (Å²) >= 11 is 0. The van der Waals surface area contributed by atoms with Gasteiger partial charge in [0.05, 0.1) is 5.60 Å². The zero-order valence-corrected chi connectivity index (χ0v) is 11.2. The maximum absolute atomic E-state index is 10.2. The first kappa shape index (κ1) is 12.2. The van der Waals surface area contributed by atoms with Crippen LogP contribution in [0.25, 0.3) is 0 Å². The Morgan fingerprint density at radius 3 is 2.69 bits per heavy atom. The van der Waals surface area contributed by atoms with Gasteiger partial charge >= 0.3 is 0 Å². The van der Waals surface area contributed by atoms with E-state index in [0.29, 0.717) is 17.3 Å². The first-order chi connectivity index (χ1) is 7.33. The van der Waals surface area contributed by atoms with Crippen LogP contribution in [0, 0.1) is 17.3 Å². The van der Waals surface area contributed by atoms with Gasteiger partial charge in [0.15, 0.2) is 0 Å². The molecule has 2 aliphatic carbocycles. The fourth-order valence-corrected chi connectivity index (χ4v) is 3.81. The minimum atomic E-state index is -0.501. The zero-order valence-electron chi connectivity index (χ0n) is 11.2. The normalized spacial score (nSPS) is 40.2. The summed E-state index contributed by atoms with van der Waals surface area (Å²) in [5.41, 5.74) is 1.59. The van der Waals surface area contributed by atoms with Gasteiger partial charge in [0.1, 0.15) is 0 Å². The van der Waals surface area contributed by atoms with Gasteiger partial charge in [-0.25, -0.2) is 0 Å². The van der Waals surface area contributed by atoms with Crippen molar-refractivity contribution in [2.75, 3.05) is 0 Å². The third kappa shape index (κ3) is 2.07. The summed E-state index contributed by atoms with van der Waals surface area (Å²) in [5, 5.41) is 10.2. The van der Waals surface area contributed by atoms with E-state index >= 15 is 0 Å². The third-order valence-corrected chi connectivity index (χ3v) is 5.16. The van der Waals surface area contributed by atoms with Crippen LogP contribution in [-0.4, -0.2) is 10.7 Å². The molecule has 0 bridgehead atoms. The van der Waals surface area contributed by atoms with E-state index < -0.39 is 5.60 Å². The minimum absolute atomic E-state index is 0.479. The van der Waals surface area contributed by atoms with Crippen LogP contribution in [0.1, 0.15) is 59.8 Å². The monoisotopic (exact) mass is 222 g/mol. The Morgan fingerprint density at radius 2 is 2.06 bits per heavy atom. The summed E-state index contributed by atoms with van der Waals surface area (Å²) in [6.07, 6.45) is 8.68. The average molecular weight is 222 g/mol. The summed E-state index contributed by atoms with van der Waals surface area (Å²) in [6.45, 7) is 8.69. The van der Waals surface area contributed by atoms with Crippen molar-refractivity contribution in [3.05, 3.63) is 11.6 Å². The van der Waals surface area contributed by atoms with Crippen LogP contribution in [0.15, 0.2) is 11.6 Å². The van der Waals surface area contributed by atoms with Gasteiger partial charge in [0, 0.05) is 0 Å². The first-order valence-electron chi connectivity index (χ1n) is 6.72. The maximum Gasteiger partial charge on any atom is 0.0620 e. The summed E-state index contributed by atoms with van der Waals surface area (Å²) in [5.74, 6) is 1.19. The number of aliphatic hydroxyl groups is 1. The van der Waals surface area contributed by atoms with Crippen molar-refractivity contribution in [1.29, 1.82) is 0 Å². The summed E-state index contributed by atoms with van der Waals surface area (Å²) in [7, 11) is 0. The SMILES string of the molecule is CC1=CCC[C@]2(C)CC[C@H](C(C)(C)O)C[C@@H]12. The lowest BCUT2D eigenvalue weighted by Gasteiger charge is -2.49. The van der Waals surface area contributed by atoms with Gasteiger partial charge < -0.3 is 5.11 Å². The minimum Gasteiger partial charge on any atom is -0.390 e. The highest BCUT2D eigenvalue weighted by molar-refractivity contribution is 5.15. The van der Waals surface area contributed by atoms with Gasteiger partial charge in [-0.2, -0.15) is 0 Å². The van der Waals surface area contributed by atoms with Crippen LogP contribution >= 0.6 is 0 Å². The van der Waals surface area contributed by atoms with Crippen LogP contribution < -0.4 is 0 Å². The smallest absolute Gasteiger partial charge is 0.0620 e. The molecule has 0 saturated heterocycles. The Bertz CT molecular complexity index is 297. The second-order valence-corrected chi connectivity index (χ2v) is 6.82. The predicted octanol–water partition coefficient (Wildman–Crippen LogP) is 3.92. The molecule has 0 radical (unpaired) electrons. The summed E-state index contributed by atoms with van der Waals surface area (Å²) in [6, 6.07) is 0. The second kappa shape index (κ2) is 3.87. The molecular weight excluding hydrogens is 196 g/mol. The molecule has 3 atom stereocenters. The Morgan fingerprint density at radius 1 is 1.38 bits per heavy atom. The highest BCUT2D eigenvalue weighted by Crippen LogP contribution is 2.53. The van der Waals surface area contributed by atoms with E-state index in [-0.39, 0.29) is 0 Å². The average Bonchev–Trinajstić information content (AvgIpc) is 2.15. The van der Waals surface area contributed by atoms with E-state index in [1.807, 2.05) is 13.8 Å². The summed E-state index contributed by atoms with van der Waals surface area (Å²) < 4.78 is 0. The molecule has 1 saturated carbocycles. The largest absolute Gasteiger partial charge is 0.390 e. The molecule has 0 amide bonds. The number of hydrogen-bond acceptors (Lipinski definition) is 1. The molecule has 0 spiro atoms. The van der Waals surface area contributed by atoms with Crippen molar-refractivity contribution in [1.82, 2.24) is 0 Å². The molecule has 1 nitrogen and oxygen atoms in total. The molecule has 2 rings (SSSR count). The van der Waals surface area contributed by atoms with Crippen LogP contribution in [0.3, 0.4) is 0 Å². The van der Waals surface area contributed by atoms with Gasteiger partial charge in [-0.3, -0.25) is 0 Å². The van der Waals surface area contributed by atoms with Crippen molar-refractivity contribution in [3.8, 4) is 0 Å². The van der Waals surface area contributed by atoms with E-state index in [9.17, 15) is 5.11 Å². The Hall–Kier alpha value is -0.300. The van der Waals surface area contributed by atoms with Crippen molar-refractivity contribution >= 4 is 0 Å². The van der Waals surface area contributed by atoms with Crippen LogP contribution in [-0.2, 0) is 0 Å². The highest BCUT2D eigenvalue weighted by atomic mass is 16.3. The van der Waals surface area contributed by atoms with Crippen molar-refractivity contribution in [3.63, 3.8) is 0 Å². The van der Waals surface area contributed by atoms with Gasteiger partial charge in [-0.15, -0.1) is 0 Å². The third-order valence-electron chi connectivity index (χ3n) is 5.16. The van der Waals surface area contributed by atoms with E-state index in [0.717, 1.165) is 0 Å². The predicted molar refractivity (Wildman–Crippen MR) is 68.2 cm³/mol. The molecule has 0 aliphatic heterocycles. The van der Waals surface area contributed by atoms with Gasteiger partial charge in [0.25, 0.3) is 0 Å². The fraction of sp³-hybridized carbons (Fsp3) is 0.867. The molecule has 0 aromatic heterocycles. The van der Waals surface area contributed by atoms with Crippen molar-refractivity contribution < 1.29 is 5.11 Å². The Balaban J connectivity index is 2.18. The van der Waals surface area contributed by atoms with Crippen LogP contribution in [0.5, 0.6) is 0 Å². The molecule has 0 aromatic rings. The van der Waals surface area contributed by atoms with Gasteiger partial charge in [0.2, 0.25) is 0 Å². The topological polar surface area (TPSA) is 20.2 Å². The number of rotatable bonds is 1. The molecule has 1 N–H and O–H groups in total. The quantitative estimate of drug-likeness (QED) is 0.667. The molecule has 2 aliphatic rings. The molecule has 16 heavy (non-hydrogen) atoms. The van der Waals surface area contributed by atoms with Gasteiger partial charge in [-0.1, -0.05) is 18.6 Å². The van der Waals surface area contributed by atoms with E-state index in [1.54, 1.807) is 5.57 Å². The number of hydrogen-bond donors (Lipinski definition) is 1. The molecule has 92 valence electrons. The number of fused-ring (bicyclic) bond motifs is 1. The van der Waals surface area contributed by atoms with Crippen molar-refractivity contribution in [2.24, 2.45) is 17.3 Å². The van der Waals surface area contributed by atoms with Crippen LogP contribution in [0.4, 0.5) is 0 Å². The molecular formula is C15H26O. The Labute approximate surface area is 99.9 Å². The lowest BCUT2D eigenvalue weighted by atomic mass is 9.56. The van der Waals surface area contributed by atoms with E-state index in [2.05, 4.69) is 19.9 Å². The molecule has 1 fully saturated rings. The Kier molecular flexibility index (Phi) is 2.94. The zero-order chi connectivity index (χ0) is 12.0. The van der Waals surface area contributed by atoms with Crippen molar-refractivity contribution in [2.45, 2.75) is 65.4 Å². The second-order valence-electron chi connectivity index (χ2n) is 6.82. The number of allylic oxidation sites excluding steroid dienone is 2. The lowest BCUT2D eigenvalue weighted by Crippen LogP contribution is -2.43. The molecule has 0 unspecified atom stereocenters. The highest BCUT2D eigenvalue weighted by Gasteiger charge is 2.44. The van der Waals surface area contributed by atoms with Gasteiger partial charge in [-0.05, 0) is 70.1 Å². The van der Waals surface area contributed by atoms with E-state index in [1.165, 1.54) is 32.1 Å².